The van der Waals surface area contributed by atoms with E-state index in [0.717, 1.165) is 32.6 Å². The molecule has 4 rings (SSSR count). The number of nitrogens with zero attached hydrogens (tertiary/aromatic N) is 3. The van der Waals surface area contributed by atoms with Crippen LogP contribution in [-0.2, 0) is 22.5 Å². The maximum Gasteiger partial charge on any atom is 0.292 e. The van der Waals surface area contributed by atoms with Crippen molar-refractivity contribution in [3.63, 3.8) is 0 Å². The Hall–Kier alpha value is -2.83. The fourth-order valence-electron chi connectivity index (χ4n) is 4.84. The van der Waals surface area contributed by atoms with Crippen LogP contribution in [0.15, 0.2) is 30.3 Å². The van der Waals surface area contributed by atoms with E-state index in [1.54, 1.807) is 20.8 Å². The van der Waals surface area contributed by atoms with Gasteiger partial charge in [-0.05, 0) is 90.4 Å². The molecular weight excluding hydrogens is 462 g/mol. The first kappa shape index (κ1) is 30.4. The van der Waals surface area contributed by atoms with Gasteiger partial charge in [-0.15, -0.1) is 0 Å². The van der Waals surface area contributed by atoms with Gasteiger partial charge in [-0.1, -0.05) is 36.8 Å². The van der Waals surface area contributed by atoms with Gasteiger partial charge in [0.2, 0.25) is 0 Å². The summed E-state index contributed by atoms with van der Waals surface area (Å²) in [5.74, 6) is 0. The van der Waals surface area contributed by atoms with Gasteiger partial charge < -0.3 is 24.2 Å². The minimum atomic E-state index is -0.500. The number of methoxy groups -OCH3 is 1. The minimum absolute atomic E-state index is 0.375. The number of hydrogen-bond donors (Lipinski definition) is 1. The number of carbonyl (C=O) groups excluding carboxylic acids is 1. The molecule has 2 aromatic carbocycles. The number of likely N-dealkylation sites (N-methyl/N-ethyl adjacent to an activating group) is 1. The summed E-state index contributed by atoms with van der Waals surface area (Å²) >= 11 is 0. The Morgan fingerprint density at radius 1 is 1.08 bits per heavy atom. The van der Waals surface area contributed by atoms with E-state index < -0.39 is 5.60 Å². The van der Waals surface area contributed by atoms with Gasteiger partial charge in [-0.25, -0.2) is 0 Å². The molecule has 37 heavy (non-hydrogen) atoms. The fourth-order valence-corrected chi connectivity index (χ4v) is 4.84. The quantitative estimate of drug-likeness (QED) is 0.429. The summed E-state index contributed by atoms with van der Waals surface area (Å²) in [4.78, 5) is 13.9. The third-order valence-corrected chi connectivity index (χ3v) is 6.42. The Balaban J connectivity index is 0.000000464. The van der Waals surface area contributed by atoms with Crippen molar-refractivity contribution >= 4 is 23.1 Å². The number of benzene rings is 2. The molecule has 0 atom stereocenters. The van der Waals surface area contributed by atoms with Gasteiger partial charge in [-0.2, -0.15) is 0 Å². The summed E-state index contributed by atoms with van der Waals surface area (Å²) in [6.45, 7) is 19.0. The lowest BCUT2D eigenvalue weighted by atomic mass is 9.88. The summed E-state index contributed by atoms with van der Waals surface area (Å²) in [7, 11) is 5.64. The highest BCUT2D eigenvalue weighted by molar-refractivity contribution is 6.06. The van der Waals surface area contributed by atoms with E-state index in [0.29, 0.717) is 6.47 Å². The highest BCUT2D eigenvalue weighted by Crippen LogP contribution is 2.44. The second-order valence-electron chi connectivity index (χ2n) is 11.0. The normalized spacial score (nSPS) is 12.6. The summed E-state index contributed by atoms with van der Waals surface area (Å²) in [6, 6.07) is 11.5. The Labute approximate surface area is 223 Å². The van der Waals surface area contributed by atoms with Gasteiger partial charge in [0.25, 0.3) is 6.47 Å². The van der Waals surface area contributed by atoms with E-state index in [9.17, 15) is 0 Å². The Bertz CT molecular complexity index is 1170. The molecule has 1 aromatic heterocycles. The number of rotatable bonds is 6. The highest BCUT2D eigenvalue weighted by atomic mass is 16.5. The average Bonchev–Trinajstić information content (AvgIpc) is 3.16. The summed E-state index contributed by atoms with van der Waals surface area (Å²) in [5, 5.41) is 9.95. The van der Waals surface area contributed by atoms with Crippen LogP contribution in [0.2, 0.25) is 0 Å². The minimum Gasteiger partial charge on any atom is -0.471 e. The molecule has 0 radical (unpaired) electrons. The maximum atomic E-state index is 8.95. The second-order valence-corrected chi connectivity index (χ2v) is 11.0. The van der Waals surface area contributed by atoms with Crippen LogP contribution < -0.4 is 4.90 Å². The molecule has 0 fully saturated rings. The topological polar surface area (TPSA) is 57.9 Å². The standard InChI is InChI=1S/C25H33N3.C4H10O.C2H4O2/c1-7-21-19(4)24-25-22(23(21)20-10-8-17(2)9-11-20)16-18(3)28(25)15-14-27(24)13-12-26(5)6;1-4(2,3)5;1-4-2-3/h8-11,16H,7,12-15H2,1-6H3;5H,1-3H3;2H,1H3. The largest absolute Gasteiger partial charge is 0.471 e. The van der Waals surface area contributed by atoms with Gasteiger partial charge >= 0.3 is 0 Å². The van der Waals surface area contributed by atoms with Gasteiger partial charge in [0.05, 0.1) is 23.9 Å². The molecule has 1 aliphatic rings. The molecule has 6 nitrogen and oxygen atoms in total. The summed E-state index contributed by atoms with van der Waals surface area (Å²) in [5.41, 5.74) is 10.8. The van der Waals surface area contributed by atoms with Gasteiger partial charge in [0, 0.05) is 37.3 Å². The van der Waals surface area contributed by atoms with E-state index >= 15 is 0 Å². The molecule has 2 heterocycles. The molecule has 0 unspecified atom stereocenters. The number of ether oxygens (including phenoxy) is 1. The molecule has 0 spiro atoms. The number of hydrogen-bond acceptors (Lipinski definition) is 5. The number of aryl methyl sites for hydroxylation is 2. The molecule has 6 heteroatoms. The number of anilines is 1. The zero-order valence-electron chi connectivity index (χ0n) is 24.6. The molecule has 1 aliphatic heterocycles. The first-order chi connectivity index (χ1) is 17.3. The monoisotopic (exact) mass is 509 g/mol. The lowest BCUT2D eigenvalue weighted by molar-refractivity contribution is -0.126. The van der Waals surface area contributed by atoms with Crippen molar-refractivity contribution in [1.82, 2.24) is 9.47 Å². The third kappa shape index (κ3) is 7.83. The lowest BCUT2D eigenvalue weighted by Gasteiger charge is -2.35. The van der Waals surface area contributed by atoms with Crippen LogP contribution in [-0.4, -0.2) is 67.5 Å². The van der Waals surface area contributed by atoms with Crippen LogP contribution in [0.25, 0.3) is 22.0 Å². The second kappa shape index (κ2) is 13.1. The molecule has 0 bridgehead atoms. The molecule has 3 aromatic rings. The number of aromatic nitrogens is 1. The average molecular weight is 510 g/mol. The van der Waals surface area contributed by atoms with Crippen LogP contribution in [0.4, 0.5) is 5.69 Å². The molecule has 0 aliphatic carbocycles. The maximum absolute atomic E-state index is 8.95. The van der Waals surface area contributed by atoms with Crippen LogP contribution in [0, 0.1) is 20.8 Å². The van der Waals surface area contributed by atoms with Crippen LogP contribution in [0.5, 0.6) is 0 Å². The van der Waals surface area contributed by atoms with Crippen molar-refractivity contribution in [3.05, 3.63) is 52.7 Å². The molecule has 1 N–H and O–H groups in total. The zero-order chi connectivity index (χ0) is 27.9. The molecule has 0 saturated heterocycles. The van der Waals surface area contributed by atoms with E-state index in [4.69, 9.17) is 9.90 Å². The summed E-state index contributed by atoms with van der Waals surface area (Å²) in [6.07, 6.45) is 1.06. The molecular formula is C31H47N3O3. The fraction of sp³-hybridized carbons (Fsp3) is 0.516. The van der Waals surface area contributed by atoms with Crippen LogP contribution in [0.3, 0.4) is 0 Å². The smallest absolute Gasteiger partial charge is 0.292 e. The van der Waals surface area contributed by atoms with Crippen LogP contribution in [0.1, 0.15) is 50.1 Å². The molecule has 0 amide bonds. The first-order valence-corrected chi connectivity index (χ1v) is 13.1. The van der Waals surface area contributed by atoms with Crippen molar-refractivity contribution in [2.75, 3.05) is 45.7 Å². The van der Waals surface area contributed by atoms with E-state index in [2.05, 4.69) is 91.2 Å². The highest BCUT2D eigenvalue weighted by Gasteiger charge is 2.27. The predicted octanol–water partition coefficient (Wildman–Crippen LogP) is 5.74. The molecule has 0 saturated carbocycles. The Morgan fingerprint density at radius 3 is 2.14 bits per heavy atom. The zero-order valence-corrected chi connectivity index (χ0v) is 24.6. The van der Waals surface area contributed by atoms with E-state index in [1.807, 2.05) is 0 Å². The van der Waals surface area contributed by atoms with Crippen LogP contribution >= 0.6 is 0 Å². The number of carbonyl (C=O) groups is 1. The van der Waals surface area contributed by atoms with Gasteiger partial charge in [-0.3, -0.25) is 4.79 Å². The van der Waals surface area contributed by atoms with Crippen molar-refractivity contribution in [2.45, 2.75) is 67.0 Å². The summed E-state index contributed by atoms with van der Waals surface area (Å²) < 4.78 is 6.40. The van der Waals surface area contributed by atoms with Gasteiger partial charge in [0.1, 0.15) is 0 Å². The van der Waals surface area contributed by atoms with Crippen molar-refractivity contribution < 1.29 is 14.6 Å². The SMILES string of the molecule is CC(C)(C)O.CCc1c(C)c2c3c(cc(C)n3CCN2CCN(C)C)c1-c1ccc(C)cc1.COC=O. The number of aliphatic hydroxyl groups is 1. The van der Waals surface area contributed by atoms with Gasteiger partial charge in [0.15, 0.2) is 0 Å². The molecule has 204 valence electrons. The van der Waals surface area contributed by atoms with Crippen molar-refractivity contribution in [1.29, 1.82) is 0 Å². The van der Waals surface area contributed by atoms with Crippen molar-refractivity contribution in [2.24, 2.45) is 0 Å². The predicted molar refractivity (Wildman–Crippen MR) is 157 cm³/mol. The van der Waals surface area contributed by atoms with E-state index in [1.165, 1.54) is 57.2 Å². The lowest BCUT2D eigenvalue weighted by Crippen LogP contribution is -2.37. The third-order valence-electron chi connectivity index (χ3n) is 6.42. The van der Waals surface area contributed by atoms with E-state index in [-0.39, 0.29) is 0 Å². The first-order valence-electron chi connectivity index (χ1n) is 13.1. The Kier molecular flexibility index (Phi) is 10.8. The Morgan fingerprint density at radius 2 is 1.65 bits per heavy atom. The van der Waals surface area contributed by atoms with Crippen molar-refractivity contribution in [3.8, 4) is 11.1 Å².